The van der Waals surface area contributed by atoms with Crippen LogP contribution < -0.4 is 4.23 Å². The molecule has 0 amide bonds. The van der Waals surface area contributed by atoms with Gasteiger partial charge in [0.15, 0.2) is 0 Å². The molecule has 3 nitrogen and oxygen atoms in total. The predicted molar refractivity (Wildman–Crippen MR) is 44.0 cm³/mol. The average molecular weight is 228 g/mol. The largest absolute Gasteiger partial charge is 0.673 e. The van der Waals surface area contributed by atoms with Gasteiger partial charge in [-0.05, 0) is 6.92 Å². The fourth-order valence-corrected chi connectivity index (χ4v) is 1.03. The summed E-state index contributed by atoms with van der Waals surface area (Å²) in [5.41, 5.74) is 0. The van der Waals surface area contributed by atoms with Crippen LogP contribution in [0.4, 0.5) is 17.3 Å². The van der Waals surface area contributed by atoms with E-state index in [1.807, 2.05) is 29.9 Å². The number of hydrogen-bond acceptors (Lipinski definition) is 1. The zero-order chi connectivity index (χ0) is 11.0. The van der Waals surface area contributed by atoms with Crippen molar-refractivity contribution in [2.45, 2.75) is 6.92 Å². The van der Waals surface area contributed by atoms with Gasteiger partial charge in [0.2, 0.25) is 6.33 Å². The fraction of sp³-hybridized carbons (Fsp3) is 0.400. The van der Waals surface area contributed by atoms with E-state index in [1.54, 1.807) is 0 Å². The standard InChI is InChI=1S/C5H9N2OSi.BF4/c1-2-8-9-7-4-3-6-5-7;2-1(3,4)5/h3-6H,2H2,1H3;/q+1;-1. The van der Waals surface area contributed by atoms with Gasteiger partial charge >= 0.3 is 17.2 Å². The van der Waals surface area contributed by atoms with Crippen molar-refractivity contribution in [1.29, 1.82) is 0 Å². The van der Waals surface area contributed by atoms with E-state index in [4.69, 9.17) is 4.43 Å². The number of rotatable bonds is 3. The van der Waals surface area contributed by atoms with Crippen molar-refractivity contribution < 1.29 is 25.9 Å². The Labute approximate surface area is 81.2 Å². The number of halogens is 4. The molecule has 0 unspecified atom stereocenters. The molecule has 1 heterocycles. The summed E-state index contributed by atoms with van der Waals surface area (Å²) in [4.78, 5) is 2.93. The summed E-state index contributed by atoms with van der Waals surface area (Å²) in [6.45, 7) is 2.76. The monoisotopic (exact) mass is 228 g/mol. The molecule has 0 aromatic carbocycles. The van der Waals surface area contributed by atoms with Crippen molar-refractivity contribution in [1.82, 2.24) is 4.98 Å². The summed E-state index contributed by atoms with van der Waals surface area (Å²) in [6, 6.07) is 0. The van der Waals surface area contributed by atoms with Crippen LogP contribution in [0.3, 0.4) is 0 Å². The summed E-state index contributed by atoms with van der Waals surface area (Å²) in [5, 5.41) is 0. The third-order valence-corrected chi connectivity index (χ3v) is 1.77. The quantitative estimate of drug-likeness (QED) is 0.607. The highest BCUT2D eigenvalue weighted by Gasteiger charge is 2.20. The van der Waals surface area contributed by atoms with E-state index in [0.29, 0.717) is 9.92 Å². The molecule has 1 N–H and O–H groups in total. The lowest BCUT2D eigenvalue weighted by atomic mass is 10.3. The van der Waals surface area contributed by atoms with E-state index in [2.05, 4.69) is 4.98 Å². The maximum Gasteiger partial charge on any atom is 0.673 e. The van der Waals surface area contributed by atoms with E-state index in [9.17, 15) is 17.3 Å². The minimum atomic E-state index is -6.00. The molecule has 80 valence electrons. The number of imidazole rings is 1. The number of nitrogens with zero attached hydrogens (tertiary/aromatic N) is 1. The van der Waals surface area contributed by atoms with E-state index < -0.39 is 7.25 Å². The molecule has 0 aliphatic rings. The van der Waals surface area contributed by atoms with E-state index in [-0.39, 0.29) is 0 Å². The number of nitrogens with one attached hydrogen (secondary N) is 1. The molecule has 0 aliphatic heterocycles. The molecule has 0 atom stereocenters. The van der Waals surface area contributed by atoms with Gasteiger partial charge in [0.25, 0.3) is 0 Å². The molecule has 0 spiro atoms. The maximum absolute atomic E-state index is 9.75. The number of H-pyrrole nitrogens is 1. The minimum Gasteiger partial charge on any atom is -0.418 e. The van der Waals surface area contributed by atoms with Crippen LogP contribution in [0.5, 0.6) is 0 Å². The Morgan fingerprint density at radius 1 is 1.43 bits per heavy atom. The van der Waals surface area contributed by atoms with Crippen LogP contribution in [0, 0.1) is 0 Å². The lowest BCUT2D eigenvalue weighted by molar-refractivity contribution is -0.539. The molecule has 0 saturated heterocycles. The molecule has 0 saturated carbocycles. The number of aromatic amines is 1. The topological polar surface area (TPSA) is 28.9 Å². The molecule has 14 heavy (non-hydrogen) atoms. The Kier molecular flexibility index (Phi) is 6.21. The van der Waals surface area contributed by atoms with Crippen molar-refractivity contribution >= 4 is 17.2 Å². The Bertz CT molecular complexity index is 224. The molecule has 0 bridgehead atoms. The SMILES string of the molecule is CCO[Si][n+]1cc[nH]c1.F[B-](F)(F)F. The van der Waals surface area contributed by atoms with Gasteiger partial charge in [-0.2, -0.15) is 0 Å². The van der Waals surface area contributed by atoms with Gasteiger partial charge in [-0.3, -0.25) is 9.22 Å². The highest BCUT2D eigenvalue weighted by molar-refractivity contribution is 6.50. The van der Waals surface area contributed by atoms with Crippen molar-refractivity contribution in [2.75, 3.05) is 6.61 Å². The first-order chi connectivity index (χ1) is 6.43. The van der Waals surface area contributed by atoms with Crippen molar-refractivity contribution in [3.05, 3.63) is 18.7 Å². The Balaban J connectivity index is 0.000000292. The molecule has 9 heteroatoms. The summed E-state index contributed by atoms with van der Waals surface area (Å²) in [6.07, 6.45) is 5.67. The van der Waals surface area contributed by atoms with Crippen LogP contribution in [0.25, 0.3) is 0 Å². The van der Waals surface area contributed by atoms with Crippen LogP contribution in [-0.2, 0) is 4.43 Å². The lowest BCUT2D eigenvalue weighted by Crippen LogP contribution is -2.39. The second kappa shape index (κ2) is 6.60. The van der Waals surface area contributed by atoms with Gasteiger partial charge in [-0.25, -0.2) is 0 Å². The maximum atomic E-state index is 9.75. The van der Waals surface area contributed by atoms with Crippen LogP contribution >= 0.6 is 0 Å². The van der Waals surface area contributed by atoms with Gasteiger partial charge in [0.1, 0.15) is 12.4 Å². The average Bonchev–Trinajstić information content (AvgIpc) is 2.49. The zero-order valence-electron chi connectivity index (χ0n) is 7.38. The molecular formula is C5H9BF4N2OSi. The first kappa shape index (κ1) is 13.2. The van der Waals surface area contributed by atoms with Gasteiger partial charge in [-0.1, -0.05) is 0 Å². The number of aromatic nitrogens is 2. The molecule has 1 aromatic rings. The fourth-order valence-electron chi connectivity index (χ4n) is 0.486. The van der Waals surface area contributed by atoms with Crippen molar-refractivity contribution in [3.63, 3.8) is 0 Å². The smallest absolute Gasteiger partial charge is 0.418 e. The minimum absolute atomic E-state index is 0.414. The first-order valence-corrected chi connectivity index (χ1v) is 4.58. The van der Waals surface area contributed by atoms with E-state index in [0.717, 1.165) is 6.61 Å². The Morgan fingerprint density at radius 2 is 2.00 bits per heavy atom. The van der Waals surface area contributed by atoms with E-state index >= 15 is 0 Å². The van der Waals surface area contributed by atoms with Gasteiger partial charge in [-0.15, -0.1) is 0 Å². The summed E-state index contributed by atoms with van der Waals surface area (Å²) >= 11 is 0. The second-order valence-corrected chi connectivity index (χ2v) is 3.03. The van der Waals surface area contributed by atoms with Gasteiger partial charge in [0.05, 0.1) is 0 Å². The highest BCUT2D eigenvalue weighted by atomic mass is 28.2. The third kappa shape index (κ3) is 11.2. The summed E-state index contributed by atoms with van der Waals surface area (Å²) in [5.74, 6) is 0. The lowest BCUT2D eigenvalue weighted by Gasteiger charge is -1.94. The van der Waals surface area contributed by atoms with Crippen LogP contribution in [0.2, 0.25) is 0 Å². The molecule has 1 rings (SSSR count). The Hall–Kier alpha value is -0.828. The van der Waals surface area contributed by atoms with Crippen molar-refractivity contribution in [2.24, 2.45) is 0 Å². The van der Waals surface area contributed by atoms with Gasteiger partial charge < -0.3 is 21.7 Å². The highest BCUT2D eigenvalue weighted by Crippen LogP contribution is 2.06. The van der Waals surface area contributed by atoms with Crippen molar-refractivity contribution in [3.8, 4) is 0 Å². The van der Waals surface area contributed by atoms with Gasteiger partial charge in [0, 0.05) is 6.61 Å². The molecule has 1 aromatic heterocycles. The summed E-state index contributed by atoms with van der Waals surface area (Å²) < 4.78 is 46.1. The molecule has 0 aliphatic carbocycles. The molecular weight excluding hydrogens is 219 g/mol. The third-order valence-electron chi connectivity index (χ3n) is 0.859. The second-order valence-electron chi connectivity index (χ2n) is 2.04. The van der Waals surface area contributed by atoms with Crippen LogP contribution in [0.15, 0.2) is 18.7 Å². The molecule has 0 fully saturated rings. The molecule has 2 radical (unpaired) electrons. The normalized spacial score (nSPS) is 10.6. The van der Waals surface area contributed by atoms with Crippen LogP contribution in [0.1, 0.15) is 6.92 Å². The van der Waals surface area contributed by atoms with Crippen LogP contribution in [-0.4, -0.2) is 28.8 Å². The Morgan fingerprint density at radius 3 is 2.36 bits per heavy atom. The number of hydrogen-bond donors (Lipinski definition) is 1. The zero-order valence-corrected chi connectivity index (χ0v) is 8.38. The van der Waals surface area contributed by atoms with E-state index in [1.165, 1.54) is 0 Å². The summed E-state index contributed by atoms with van der Waals surface area (Å²) in [7, 11) is -5.59. The first-order valence-electron chi connectivity index (χ1n) is 3.72. The predicted octanol–water partition coefficient (Wildman–Crippen LogP) is 1.02.